The first kappa shape index (κ1) is 22.3. The molecule has 1 amide bonds. The van der Waals surface area contributed by atoms with Crippen LogP contribution in [0.4, 0.5) is 23.4 Å². The Morgan fingerprint density at radius 2 is 1.93 bits per heavy atom. The van der Waals surface area contributed by atoms with Crippen molar-refractivity contribution < 1.29 is 22.4 Å². The van der Waals surface area contributed by atoms with Gasteiger partial charge in [-0.2, -0.15) is 13.2 Å². The Labute approximate surface area is 177 Å². The Kier molecular flexibility index (Phi) is 6.85. The standard InChI is InChI=1S/C21H22ClF4N3O/c1-12-9-18(28-11-17(12)23)27-10-13-5-7-14(8-6-13)29-20(30)15-3-2-4-16(19(15)22)21(24,25)26/h2-4,9,11,13-14H,5-8,10H2,1H3,(H,27,28)(H,29,30). The van der Waals surface area contributed by atoms with Gasteiger partial charge >= 0.3 is 6.18 Å². The molecule has 30 heavy (non-hydrogen) atoms. The number of nitrogens with one attached hydrogen (secondary N) is 2. The normalized spacial score (nSPS) is 19.4. The van der Waals surface area contributed by atoms with E-state index in [0.29, 0.717) is 36.7 Å². The summed E-state index contributed by atoms with van der Waals surface area (Å²) >= 11 is 5.83. The van der Waals surface area contributed by atoms with Gasteiger partial charge in [-0.05, 0) is 62.3 Å². The molecule has 0 atom stereocenters. The van der Waals surface area contributed by atoms with Crippen molar-refractivity contribution >= 4 is 23.3 Å². The highest BCUT2D eigenvalue weighted by Gasteiger charge is 2.35. The number of amides is 1. The molecule has 1 saturated carbocycles. The number of hydrogen-bond acceptors (Lipinski definition) is 3. The predicted octanol–water partition coefficient (Wildman–Crippen LogP) is 5.60. The molecular formula is C21H22ClF4N3O. The second-order valence-electron chi connectivity index (χ2n) is 7.56. The van der Waals surface area contributed by atoms with Gasteiger partial charge in [0.2, 0.25) is 0 Å². The lowest BCUT2D eigenvalue weighted by molar-refractivity contribution is -0.137. The van der Waals surface area contributed by atoms with E-state index in [4.69, 9.17) is 11.6 Å². The number of carbonyl (C=O) groups is 1. The number of alkyl halides is 3. The van der Waals surface area contributed by atoms with Crippen LogP contribution >= 0.6 is 11.6 Å². The number of nitrogens with zero attached hydrogens (tertiary/aromatic N) is 1. The van der Waals surface area contributed by atoms with Gasteiger partial charge in [0.15, 0.2) is 0 Å². The zero-order valence-electron chi connectivity index (χ0n) is 16.3. The molecule has 162 valence electrons. The van der Waals surface area contributed by atoms with Gasteiger partial charge < -0.3 is 10.6 Å². The van der Waals surface area contributed by atoms with Crippen LogP contribution in [0.2, 0.25) is 5.02 Å². The van der Waals surface area contributed by atoms with E-state index in [1.54, 1.807) is 13.0 Å². The number of benzene rings is 1. The maximum atomic E-state index is 13.3. The maximum absolute atomic E-state index is 13.3. The van der Waals surface area contributed by atoms with Gasteiger partial charge in [-0.3, -0.25) is 4.79 Å². The summed E-state index contributed by atoms with van der Waals surface area (Å²) in [6.45, 7) is 2.35. The second-order valence-corrected chi connectivity index (χ2v) is 7.93. The van der Waals surface area contributed by atoms with Crippen LogP contribution < -0.4 is 10.6 Å². The fourth-order valence-corrected chi connectivity index (χ4v) is 3.90. The largest absolute Gasteiger partial charge is 0.417 e. The zero-order valence-corrected chi connectivity index (χ0v) is 17.1. The van der Waals surface area contributed by atoms with Crippen molar-refractivity contribution in [3.05, 3.63) is 58.0 Å². The van der Waals surface area contributed by atoms with Gasteiger partial charge in [-0.15, -0.1) is 0 Å². The summed E-state index contributed by atoms with van der Waals surface area (Å²) in [4.78, 5) is 16.5. The minimum Gasteiger partial charge on any atom is -0.370 e. The molecule has 1 aromatic heterocycles. The van der Waals surface area contributed by atoms with Gasteiger partial charge in [0.05, 0.1) is 22.3 Å². The molecule has 0 saturated heterocycles. The average Bonchev–Trinajstić information content (AvgIpc) is 2.69. The van der Waals surface area contributed by atoms with E-state index in [-0.39, 0.29) is 17.4 Å². The van der Waals surface area contributed by atoms with Crippen LogP contribution in [0.15, 0.2) is 30.5 Å². The monoisotopic (exact) mass is 443 g/mol. The molecule has 3 rings (SSSR count). The highest BCUT2D eigenvalue weighted by molar-refractivity contribution is 6.34. The molecule has 2 N–H and O–H groups in total. The quantitative estimate of drug-likeness (QED) is 0.591. The number of pyridine rings is 1. The summed E-state index contributed by atoms with van der Waals surface area (Å²) in [7, 11) is 0. The third-order valence-corrected chi connectivity index (χ3v) is 5.76. The highest BCUT2D eigenvalue weighted by Crippen LogP contribution is 2.36. The van der Waals surface area contributed by atoms with Gasteiger partial charge in [0.25, 0.3) is 5.91 Å². The molecule has 4 nitrogen and oxygen atoms in total. The molecular weight excluding hydrogens is 422 g/mol. The van der Waals surface area contributed by atoms with Crippen LogP contribution in [-0.4, -0.2) is 23.5 Å². The number of hydrogen-bond donors (Lipinski definition) is 2. The van der Waals surface area contributed by atoms with Crippen molar-refractivity contribution in [3.63, 3.8) is 0 Å². The smallest absolute Gasteiger partial charge is 0.370 e. The van der Waals surface area contributed by atoms with Crippen molar-refractivity contribution in [2.75, 3.05) is 11.9 Å². The van der Waals surface area contributed by atoms with Crippen LogP contribution in [0.25, 0.3) is 0 Å². The molecule has 1 aliphatic rings. The van der Waals surface area contributed by atoms with Crippen molar-refractivity contribution in [2.24, 2.45) is 5.92 Å². The molecule has 1 fully saturated rings. The Balaban J connectivity index is 1.51. The van der Waals surface area contributed by atoms with E-state index >= 15 is 0 Å². The van der Waals surface area contributed by atoms with Crippen LogP contribution in [-0.2, 0) is 6.18 Å². The topological polar surface area (TPSA) is 54.0 Å². The van der Waals surface area contributed by atoms with E-state index in [1.165, 1.54) is 18.3 Å². The molecule has 0 radical (unpaired) electrons. The number of halogens is 5. The molecule has 0 bridgehead atoms. The van der Waals surface area contributed by atoms with Crippen molar-refractivity contribution in [3.8, 4) is 0 Å². The third-order valence-electron chi connectivity index (χ3n) is 5.35. The highest BCUT2D eigenvalue weighted by atomic mass is 35.5. The molecule has 1 heterocycles. The number of anilines is 1. The summed E-state index contributed by atoms with van der Waals surface area (Å²) in [6, 6.07) is 4.86. The van der Waals surface area contributed by atoms with Crippen molar-refractivity contribution in [1.82, 2.24) is 10.3 Å². The molecule has 0 unspecified atom stereocenters. The van der Waals surface area contributed by atoms with Crippen LogP contribution in [0, 0.1) is 18.7 Å². The van der Waals surface area contributed by atoms with Gasteiger partial charge in [-0.25, -0.2) is 9.37 Å². The van der Waals surface area contributed by atoms with Crippen LogP contribution in [0.1, 0.15) is 47.2 Å². The number of aryl methyl sites for hydroxylation is 1. The Hall–Kier alpha value is -2.35. The molecule has 1 aliphatic carbocycles. The lowest BCUT2D eigenvalue weighted by Gasteiger charge is -2.29. The van der Waals surface area contributed by atoms with Crippen LogP contribution in [0.5, 0.6) is 0 Å². The summed E-state index contributed by atoms with van der Waals surface area (Å²) < 4.78 is 52.2. The molecule has 0 spiro atoms. The maximum Gasteiger partial charge on any atom is 0.417 e. The number of rotatable bonds is 5. The SMILES string of the molecule is Cc1cc(NCC2CCC(NC(=O)c3cccc(C(F)(F)F)c3Cl)CC2)ncc1F. The van der Waals surface area contributed by atoms with E-state index < -0.39 is 22.7 Å². The van der Waals surface area contributed by atoms with E-state index in [9.17, 15) is 22.4 Å². The molecule has 1 aromatic carbocycles. The first-order chi connectivity index (χ1) is 14.1. The molecule has 0 aliphatic heterocycles. The molecule has 9 heteroatoms. The Morgan fingerprint density at radius 3 is 2.57 bits per heavy atom. The van der Waals surface area contributed by atoms with E-state index in [0.717, 1.165) is 18.9 Å². The predicted molar refractivity (Wildman–Crippen MR) is 107 cm³/mol. The average molecular weight is 444 g/mol. The third kappa shape index (κ3) is 5.41. The number of aromatic nitrogens is 1. The van der Waals surface area contributed by atoms with Gasteiger partial charge in [0.1, 0.15) is 11.6 Å². The lowest BCUT2D eigenvalue weighted by atomic mass is 9.86. The fourth-order valence-electron chi connectivity index (χ4n) is 3.59. The van der Waals surface area contributed by atoms with Crippen molar-refractivity contribution in [1.29, 1.82) is 0 Å². The fraction of sp³-hybridized carbons (Fsp3) is 0.429. The minimum absolute atomic E-state index is 0.120. The summed E-state index contributed by atoms with van der Waals surface area (Å²) in [5.41, 5.74) is -0.670. The Bertz CT molecular complexity index is 912. The first-order valence-corrected chi connectivity index (χ1v) is 10.1. The van der Waals surface area contributed by atoms with E-state index in [1.807, 2.05) is 0 Å². The van der Waals surface area contributed by atoms with E-state index in [2.05, 4.69) is 15.6 Å². The Morgan fingerprint density at radius 1 is 1.23 bits per heavy atom. The summed E-state index contributed by atoms with van der Waals surface area (Å²) in [5.74, 6) is 0.0299. The van der Waals surface area contributed by atoms with Crippen LogP contribution in [0.3, 0.4) is 0 Å². The zero-order chi connectivity index (χ0) is 21.9. The number of carbonyl (C=O) groups excluding carboxylic acids is 1. The first-order valence-electron chi connectivity index (χ1n) is 9.67. The summed E-state index contributed by atoms with van der Waals surface area (Å²) in [5, 5.41) is 5.42. The van der Waals surface area contributed by atoms with Gasteiger partial charge in [0, 0.05) is 12.6 Å². The summed E-state index contributed by atoms with van der Waals surface area (Å²) in [6.07, 6.45) is -0.322. The minimum atomic E-state index is -4.61. The second kappa shape index (κ2) is 9.20. The lowest BCUT2D eigenvalue weighted by Crippen LogP contribution is -2.38. The molecule has 2 aromatic rings. The van der Waals surface area contributed by atoms with Crippen molar-refractivity contribution in [2.45, 2.75) is 44.8 Å². The van der Waals surface area contributed by atoms with Gasteiger partial charge in [-0.1, -0.05) is 17.7 Å².